The van der Waals surface area contributed by atoms with E-state index in [1.807, 2.05) is 31.2 Å². The molecule has 0 aliphatic heterocycles. The van der Waals surface area contributed by atoms with Crippen molar-refractivity contribution in [2.24, 2.45) is 10.2 Å². The largest absolute Gasteiger partial charge is 0.268 e. The normalized spacial score (nSPS) is 10.7. The molecule has 0 saturated carbocycles. The first-order valence-corrected chi connectivity index (χ1v) is 4.60. The van der Waals surface area contributed by atoms with E-state index in [2.05, 4.69) is 20.2 Å². The highest BCUT2D eigenvalue weighted by molar-refractivity contribution is 5.39. The molecule has 0 spiro atoms. The Morgan fingerprint density at radius 2 is 1.80 bits per heavy atom. The van der Waals surface area contributed by atoms with Crippen molar-refractivity contribution in [2.45, 2.75) is 6.92 Å². The molecule has 1 heterocycles. The molecule has 0 fully saturated rings. The topological polar surface area (TPSA) is 50.5 Å². The monoisotopic (exact) mass is 198 g/mol. The summed E-state index contributed by atoms with van der Waals surface area (Å²) in [6.45, 7) is 2.01. The highest BCUT2D eigenvalue weighted by Crippen LogP contribution is 2.15. The van der Waals surface area contributed by atoms with Gasteiger partial charge in [-0.25, -0.2) is 9.97 Å². The minimum Gasteiger partial charge on any atom is -0.218 e. The van der Waals surface area contributed by atoms with E-state index in [0.717, 1.165) is 11.3 Å². The molecule has 0 amide bonds. The van der Waals surface area contributed by atoms with Gasteiger partial charge in [-0.15, -0.1) is 10.2 Å². The fourth-order valence-corrected chi connectivity index (χ4v) is 1.14. The van der Waals surface area contributed by atoms with Crippen molar-refractivity contribution in [3.8, 4) is 0 Å². The molecule has 0 atom stereocenters. The molecular formula is C11H10N4. The highest BCUT2D eigenvalue weighted by Gasteiger charge is 1.91. The Bertz CT molecular complexity index is 465. The molecule has 2 aromatic rings. The zero-order chi connectivity index (χ0) is 10.5. The van der Waals surface area contributed by atoms with Crippen molar-refractivity contribution < 1.29 is 0 Å². The molecule has 4 heteroatoms. The molecule has 15 heavy (non-hydrogen) atoms. The Labute approximate surface area is 87.7 Å². The number of aryl methyl sites for hydroxylation is 1. The van der Waals surface area contributed by atoms with Gasteiger partial charge in [0.2, 0.25) is 0 Å². The molecule has 0 saturated heterocycles. The fraction of sp³-hybridized carbons (Fsp3) is 0.0909. The predicted octanol–water partition coefficient (Wildman–Crippen LogP) is 3.20. The number of hydrogen-bond donors (Lipinski definition) is 0. The molecule has 0 bridgehead atoms. The summed E-state index contributed by atoms with van der Waals surface area (Å²) in [5.74, 6) is 0.374. The van der Waals surface area contributed by atoms with E-state index in [1.54, 1.807) is 18.5 Å². The number of benzene rings is 1. The maximum Gasteiger partial charge on any atom is 0.268 e. The van der Waals surface area contributed by atoms with Crippen molar-refractivity contribution >= 4 is 11.6 Å². The van der Waals surface area contributed by atoms with Crippen LogP contribution in [0.15, 0.2) is 53.0 Å². The van der Waals surface area contributed by atoms with Crippen LogP contribution in [0.3, 0.4) is 0 Å². The average Bonchev–Trinajstić information content (AvgIpc) is 2.28. The van der Waals surface area contributed by atoms with E-state index in [0.29, 0.717) is 5.95 Å². The van der Waals surface area contributed by atoms with E-state index >= 15 is 0 Å². The molecule has 74 valence electrons. The lowest BCUT2D eigenvalue weighted by Gasteiger charge is -1.93. The summed E-state index contributed by atoms with van der Waals surface area (Å²) in [5, 5.41) is 7.96. The van der Waals surface area contributed by atoms with Gasteiger partial charge in [-0.2, -0.15) is 0 Å². The summed E-state index contributed by atoms with van der Waals surface area (Å²) in [6.07, 6.45) is 3.27. The number of nitrogens with zero attached hydrogens (tertiary/aromatic N) is 4. The van der Waals surface area contributed by atoms with Gasteiger partial charge < -0.3 is 0 Å². The Kier molecular flexibility index (Phi) is 2.78. The third kappa shape index (κ3) is 2.67. The predicted molar refractivity (Wildman–Crippen MR) is 57.4 cm³/mol. The molecule has 0 aliphatic carbocycles. The summed E-state index contributed by atoms with van der Waals surface area (Å²) in [5.41, 5.74) is 1.96. The molecule has 1 aromatic heterocycles. The summed E-state index contributed by atoms with van der Waals surface area (Å²) in [7, 11) is 0. The van der Waals surface area contributed by atoms with Crippen molar-refractivity contribution in [1.82, 2.24) is 9.97 Å². The summed E-state index contributed by atoms with van der Waals surface area (Å²) in [6, 6.07) is 9.53. The van der Waals surface area contributed by atoms with Crippen LogP contribution in [0, 0.1) is 6.92 Å². The van der Waals surface area contributed by atoms with Crippen LogP contribution in [-0.2, 0) is 0 Å². The van der Waals surface area contributed by atoms with Gasteiger partial charge in [0.15, 0.2) is 0 Å². The van der Waals surface area contributed by atoms with Crippen LogP contribution in [-0.4, -0.2) is 9.97 Å². The van der Waals surface area contributed by atoms with E-state index in [1.165, 1.54) is 0 Å². The molecule has 2 rings (SSSR count). The maximum atomic E-state index is 4.04. The average molecular weight is 198 g/mol. The second kappa shape index (κ2) is 4.41. The van der Waals surface area contributed by atoms with E-state index < -0.39 is 0 Å². The molecule has 0 unspecified atom stereocenters. The van der Waals surface area contributed by atoms with E-state index in [4.69, 9.17) is 0 Å². The van der Waals surface area contributed by atoms with Crippen molar-refractivity contribution in [3.05, 3.63) is 48.3 Å². The summed E-state index contributed by atoms with van der Waals surface area (Å²) in [4.78, 5) is 7.89. The Morgan fingerprint density at radius 1 is 1.00 bits per heavy atom. The summed E-state index contributed by atoms with van der Waals surface area (Å²) < 4.78 is 0. The SMILES string of the molecule is Cc1cccc(N=Nc2ncccn2)c1. The zero-order valence-electron chi connectivity index (χ0n) is 8.33. The molecule has 4 nitrogen and oxygen atoms in total. The van der Waals surface area contributed by atoms with Gasteiger partial charge in [0.1, 0.15) is 0 Å². The molecule has 0 aliphatic rings. The lowest BCUT2D eigenvalue weighted by atomic mass is 10.2. The third-order valence-corrected chi connectivity index (χ3v) is 1.81. The lowest BCUT2D eigenvalue weighted by molar-refractivity contribution is 1.07. The highest BCUT2D eigenvalue weighted by atomic mass is 15.2. The number of rotatable bonds is 2. The van der Waals surface area contributed by atoms with Crippen LogP contribution in [0.25, 0.3) is 0 Å². The Morgan fingerprint density at radius 3 is 2.53 bits per heavy atom. The van der Waals surface area contributed by atoms with Gasteiger partial charge in [0, 0.05) is 12.4 Å². The van der Waals surface area contributed by atoms with Gasteiger partial charge in [-0.1, -0.05) is 12.1 Å². The lowest BCUT2D eigenvalue weighted by Crippen LogP contribution is -1.75. The van der Waals surface area contributed by atoms with E-state index in [9.17, 15) is 0 Å². The second-order valence-electron chi connectivity index (χ2n) is 3.09. The maximum absolute atomic E-state index is 4.04. The second-order valence-corrected chi connectivity index (χ2v) is 3.09. The first kappa shape index (κ1) is 9.45. The quantitative estimate of drug-likeness (QED) is 0.696. The number of azo groups is 1. The van der Waals surface area contributed by atoms with Crippen LogP contribution in [0.4, 0.5) is 11.6 Å². The van der Waals surface area contributed by atoms with Crippen molar-refractivity contribution in [2.75, 3.05) is 0 Å². The van der Waals surface area contributed by atoms with Gasteiger partial charge in [-0.3, -0.25) is 0 Å². The Balaban J connectivity index is 2.19. The molecule has 1 aromatic carbocycles. The van der Waals surface area contributed by atoms with Crippen LogP contribution in [0.5, 0.6) is 0 Å². The van der Waals surface area contributed by atoms with Gasteiger partial charge in [0.05, 0.1) is 5.69 Å². The van der Waals surface area contributed by atoms with Gasteiger partial charge >= 0.3 is 0 Å². The molecule has 0 N–H and O–H groups in total. The minimum atomic E-state index is 0.374. The smallest absolute Gasteiger partial charge is 0.218 e. The standard InChI is InChI=1S/C11H10N4/c1-9-4-2-5-10(8-9)14-15-11-12-6-3-7-13-11/h2-8H,1H3. The fourth-order valence-electron chi connectivity index (χ4n) is 1.14. The number of hydrogen-bond acceptors (Lipinski definition) is 4. The van der Waals surface area contributed by atoms with Crippen LogP contribution < -0.4 is 0 Å². The summed E-state index contributed by atoms with van der Waals surface area (Å²) >= 11 is 0. The van der Waals surface area contributed by atoms with E-state index in [-0.39, 0.29) is 0 Å². The zero-order valence-corrected chi connectivity index (χ0v) is 8.33. The first-order chi connectivity index (χ1) is 7.34. The van der Waals surface area contributed by atoms with Crippen LogP contribution in [0.1, 0.15) is 5.56 Å². The molecule has 0 radical (unpaired) electrons. The van der Waals surface area contributed by atoms with Crippen LogP contribution in [0.2, 0.25) is 0 Å². The third-order valence-electron chi connectivity index (χ3n) is 1.81. The molecular weight excluding hydrogens is 188 g/mol. The van der Waals surface area contributed by atoms with Crippen molar-refractivity contribution in [3.63, 3.8) is 0 Å². The minimum absolute atomic E-state index is 0.374. The van der Waals surface area contributed by atoms with Crippen LogP contribution >= 0.6 is 0 Å². The number of aromatic nitrogens is 2. The van der Waals surface area contributed by atoms with Crippen molar-refractivity contribution in [1.29, 1.82) is 0 Å². The van der Waals surface area contributed by atoms with Gasteiger partial charge in [0.25, 0.3) is 5.95 Å². The first-order valence-electron chi connectivity index (χ1n) is 4.60. The van der Waals surface area contributed by atoms with Gasteiger partial charge in [-0.05, 0) is 30.7 Å². The Hall–Kier alpha value is -2.10.